The number of aryl methyl sites for hydroxylation is 4. The number of nitrogens with zero attached hydrogens (tertiary/aromatic N) is 3. The largest absolute Gasteiger partial charge is 0.484 e. The van der Waals surface area contributed by atoms with Gasteiger partial charge in [0.25, 0.3) is 5.91 Å². The highest BCUT2D eigenvalue weighted by atomic mass is 32.1. The van der Waals surface area contributed by atoms with Gasteiger partial charge in [-0.05, 0) is 74.1 Å². The Bertz CT molecular complexity index is 1330. The molecule has 0 atom stereocenters. The van der Waals surface area contributed by atoms with Crippen LogP contribution in [0.5, 0.6) is 5.75 Å². The number of aromatic nitrogens is 3. The molecule has 0 aliphatic rings. The summed E-state index contributed by atoms with van der Waals surface area (Å²) in [5.74, 6) is 0.489. The zero-order chi connectivity index (χ0) is 23.9. The second kappa shape index (κ2) is 8.63. The molecule has 0 bridgehead atoms. The van der Waals surface area contributed by atoms with Crippen LogP contribution in [0.4, 0.5) is 5.69 Å². The van der Waals surface area contributed by atoms with Crippen molar-refractivity contribution in [3.05, 3.63) is 64.5 Å². The van der Waals surface area contributed by atoms with E-state index in [-0.39, 0.29) is 17.9 Å². The molecule has 0 unspecified atom stereocenters. The van der Waals surface area contributed by atoms with Crippen molar-refractivity contribution >= 4 is 33.1 Å². The lowest BCUT2D eigenvalue weighted by atomic mass is 9.87. The van der Waals surface area contributed by atoms with Crippen LogP contribution in [0, 0.1) is 27.7 Å². The average molecular weight is 463 g/mol. The first-order valence-corrected chi connectivity index (χ1v) is 11.8. The van der Waals surface area contributed by atoms with Gasteiger partial charge in [-0.3, -0.25) is 4.79 Å². The van der Waals surface area contributed by atoms with Gasteiger partial charge in [0.2, 0.25) is 5.13 Å². The van der Waals surface area contributed by atoms with Crippen molar-refractivity contribution in [2.45, 2.75) is 53.9 Å². The van der Waals surface area contributed by atoms with E-state index >= 15 is 0 Å². The van der Waals surface area contributed by atoms with E-state index in [1.54, 1.807) is 11.3 Å². The number of fused-ring (bicyclic) bond motifs is 1. The molecule has 0 saturated carbocycles. The van der Waals surface area contributed by atoms with Crippen LogP contribution in [0.15, 0.2) is 36.4 Å². The zero-order valence-electron chi connectivity index (χ0n) is 20.2. The van der Waals surface area contributed by atoms with Crippen molar-refractivity contribution in [1.29, 1.82) is 0 Å². The van der Waals surface area contributed by atoms with Crippen molar-refractivity contribution in [3.8, 4) is 10.9 Å². The van der Waals surface area contributed by atoms with E-state index in [4.69, 9.17) is 9.72 Å². The lowest BCUT2D eigenvalue weighted by Crippen LogP contribution is -2.21. The van der Waals surface area contributed by atoms with Gasteiger partial charge < -0.3 is 10.1 Å². The standard InChI is InChI=1S/C26H30N4O2S/c1-15-12-21-24(33-25(27-21)30-17(3)13-16(2)29-30)18(4)23(15)28-22(31)14-32-20-10-8-19(9-11-20)26(5,6)7/h8-13H,14H2,1-7H3,(H,28,31). The summed E-state index contributed by atoms with van der Waals surface area (Å²) in [5, 5.41) is 8.41. The van der Waals surface area contributed by atoms with Crippen LogP contribution in [0.3, 0.4) is 0 Å². The summed E-state index contributed by atoms with van der Waals surface area (Å²) < 4.78 is 8.62. The van der Waals surface area contributed by atoms with Crippen molar-refractivity contribution in [3.63, 3.8) is 0 Å². The molecule has 0 fully saturated rings. The van der Waals surface area contributed by atoms with Crippen molar-refractivity contribution < 1.29 is 9.53 Å². The van der Waals surface area contributed by atoms with E-state index in [0.29, 0.717) is 5.75 Å². The number of amides is 1. The third kappa shape index (κ3) is 4.78. The fourth-order valence-electron chi connectivity index (χ4n) is 3.85. The summed E-state index contributed by atoms with van der Waals surface area (Å²) in [6, 6.07) is 11.9. The van der Waals surface area contributed by atoms with Gasteiger partial charge in [0.1, 0.15) is 5.75 Å². The van der Waals surface area contributed by atoms with Gasteiger partial charge in [-0.2, -0.15) is 5.10 Å². The molecule has 33 heavy (non-hydrogen) atoms. The molecule has 0 saturated heterocycles. The van der Waals surface area contributed by atoms with Gasteiger partial charge in [0, 0.05) is 11.4 Å². The number of nitrogens with one attached hydrogen (secondary N) is 1. The molecule has 2 aromatic heterocycles. The number of carbonyl (C=O) groups excluding carboxylic acids is 1. The van der Waals surface area contributed by atoms with Crippen LogP contribution in [0.1, 0.15) is 48.8 Å². The van der Waals surface area contributed by atoms with Crippen LogP contribution in [-0.4, -0.2) is 27.3 Å². The topological polar surface area (TPSA) is 69.0 Å². The fraction of sp³-hybridized carbons (Fsp3) is 0.346. The Kier molecular flexibility index (Phi) is 6.01. The minimum Gasteiger partial charge on any atom is -0.484 e. The number of rotatable bonds is 5. The first-order valence-electron chi connectivity index (χ1n) is 11.0. The van der Waals surface area contributed by atoms with Crippen LogP contribution in [-0.2, 0) is 10.2 Å². The highest BCUT2D eigenvalue weighted by Crippen LogP contribution is 2.35. The maximum atomic E-state index is 12.7. The number of ether oxygens (including phenoxy) is 1. The van der Waals surface area contributed by atoms with E-state index in [9.17, 15) is 4.79 Å². The Morgan fingerprint density at radius 2 is 1.79 bits per heavy atom. The Morgan fingerprint density at radius 3 is 2.39 bits per heavy atom. The first-order chi connectivity index (χ1) is 15.5. The molecule has 1 amide bonds. The summed E-state index contributed by atoms with van der Waals surface area (Å²) in [5.41, 5.74) is 6.99. The monoisotopic (exact) mass is 462 g/mol. The van der Waals surface area contributed by atoms with Gasteiger partial charge in [0.15, 0.2) is 6.61 Å². The Morgan fingerprint density at radius 1 is 1.09 bits per heavy atom. The average Bonchev–Trinajstić information content (AvgIpc) is 3.31. The summed E-state index contributed by atoms with van der Waals surface area (Å²) in [4.78, 5) is 17.4. The van der Waals surface area contributed by atoms with Crippen molar-refractivity contribution in [2.24, 2.45) is 0 Å². The smallest absolute Gasteiger partial charge is 0.262 e. The molecule has 2 heterocycles. The third-order valence-electron chi connectivity index (χ3n) is 5.65. The van der Waals surface area contributed by atoms with Gasteiger partial charge in [0.05, 0.1) is 15.9 Å². The second-order valence-electron chi connectivity index (χ2n) is 9.49. The molecule has 2 aromatic carbocycles. The van der Waals surface area contributed by atoms with Crippen molar-refractivity contribution in [2.75, 3.05) is 11.9 Å². The van der Waals surface area contributed by atoms with Crippen LogP contribution in [0.2, 0.25) is 0 Å². The Hall–Kier alpha value is -3.19. The maximum Gasteiger partial charge on any atom is 0.262 e. The van der Waals surface area contributed by atoms with Crippen molar-refractivity contribution in [1.82, 2.24) is 14.8 Å². The minimum atomic E-state index is -0.191. The lowest BCUT2D eigenvalue weighted by Gasteiger charge is -2.19. The molecule has 172 valence electrons. The van der Waals surface area contributed by atoms with E-state index in [1.165, 1.54) is 5.56 Å². The predicted molar refractivity (Wildman–Crippen MR) is 135 cm³/mol. The number of benzene rings is 2. The Balaban J connectivity index is 1.51. The quantitative estimate of drug-likeness (QED) is 0.393. The third-order valence-corrected chi connectivity index (χ3v) is 6.82. The number of hydrogen-bond donors (Lipinski definition) is 1. The summed E-state index contributed by atoms with van der Waals surface area (Å²) in [6.45, 7) is 14.4. The van der Waals surface area contributed by atoms with E-state index in [0.717, 1.165) is 43.6 Å². The molecule has 6 nitrogen and oxygen atoms in total. The molecular formula is C26H30N4O2S. The molecule has 0 radical (unpaired) electrons. The van der Waals surface area contributed by atoms with E-state index in [2.05, 4.69) is 31.2 Å². The predicted octanol–water partition coefficient (Wildman–Crippen LogP) is 6.03. The minimum absolute atomic E-state index is 0.0501. The molecule has 1 N–H and O–H groups in total. The normalized spacial score (nSPS) is 11.7. The molecule has 0 aliphatic heterocycles. The molecular weight excluding hydrogens is 432 g/mol. The van der Waals surface area contributed by atoms with E-state index < -0.39 is 0 Å². The van der Waals surface area contributed by atoms with E-state index in [1.807, 2.05) is 68.8 Å². The number of hydrogen-bond acceptors (Lipinski definition) is 5. The van der Waals surface area contributed by atoms with Crippen LogP contribution >= 0.6 is 11.3 Å². The SMILES string of the molecule is Cc1cc(C)n(-c2nc3cc(C)c(NC(=O)COc4ccc(C(C)(C)C)cc4)c(C)c3s2)n1. The molecule has 0 aliphatic carbocycles. The maximum absolute atomic E-state index is 12.7. The van der Waals surface area contributed by atoms with Gasteiger partial charge in [-0.15, -0.1) is 0 Å². The van der Waals surface area contributed by atoms with Gasteiger partial charge in [-0.1, -0.05) is 44.2 Å². The highest BCUT2D eigenvalue weighted by Gasteiger charge is 2.17. The molecule has 4 aromatic rings. The number of thiazole rings is 1. The molecule has 7 heteroatoms. The zero-order valence-corrected chi connectivity index (χ0v) is 21.1. The number of anilines is 1. The van der Waals surface area contributed by atoms with Gasteiger partial charge in [-0.25, -0.2) is 9.67 Å². The van der Waals surface area contributed by atoms with Crippen LogP contribution < -0.4 is 10.1 Å². The number of carbonyl (C=O) groups is 1. The second-order valence-corrected chi connectivity index (χ2v) is 10.5. The van der Waals surface area contributed by atoms with Gasteiger partial charge >= 0.3 is 0 Å². The summed E-state index contributed by atoms with van der Waals surface area (Å²) in [7, 11) is 0. The highest BCUT2D eigenvalue weighted by molar-refractivity contribution is 7.21. The first kappa shape index (κ1) is 23.0. The summed E-state index contributed by atoms with van der Waals surface area (Å²) in [6.07, 6.45) is 0. The van der Waals surface area contributed by atoms with Crippen LogP contribution in [0.25, 0.3) is 15.3 Å². The summed E-state index contributed by atoms with van der Waals surface area (Å²) >= 11 is 1.57. The Labute approximate surface area is 198 Å². The molecule has 4 rings (SSSR count). The lowest BCUT2D eigenvalue weighted by molar-refractivity contribution is -0.118. The fourth-order valence-corrected chi connectivity index (χ4v) is 4.92. The molecule has 0 spiro atoms.